The molecule has 0 saturated carbocycles. The van der Waals surface area contributed by atoms with Crippen molar-refractivity contribution < 1.29 is 23.5 Å². The van der Waals surface area contributed by atoms with Crippen molar-refractivity contribution >= 4 is 11.9 Å². The molecule has 0 bridgehead atoms. The third-order valence-electron chi connectivity index (χ3n) is 4.91. The largest absolute Gasteiger partial charge is 0.478 e. The first-order chi connectivity index (χ1) is 12.9. The van der Waals surface area contributed by atoms with E-state index in [4.69, 9.17) is 5.11 Å². The number of likely N-dealkylation sites (tertiary alicyclic amines) is 1. The van der Waals surface area contributed by atoms with Crippen molar-refractivity contribution in [2.45, 2.75) is 38.6 Å². The van der Waals surface area contributed by atoms with Gasteiger partial charge in [0.1, 0.15) is 11.6 Å². The van der Waals surface area contributed by atoms with Crippen LogP contribution in [0, 0.1) is 11.6 Å². The minimum atomic E-state index is -1.09. The predicted octanol–water partition coefficient (Wildman–Crippen LogP) is 3.53. The van der Waals surface area contributed by atoms with Gasteiger partial charge in [-0.1, -0.05) is 0 Å². The van der Waals surface area contributed by atoms with E-state index < -0.39 is 23.6 Å². The number of amides is 1. The van der Waals surface area contributed by atoms with Crippen LogP contribution in [0.3, 0.4) is 0 Å². The molecule has 1 amide bonds. The zero-order valence-electron chi connectivity index (χ0n) is 14.9. The van der Waals surface area contributed by atoms with E-state index in [1.165, 1.54) is 37.5 Å². The highest BCUT2D eigenvalue weighted by Crippen LogP contribution is 2.34. The van der Waals surface area contributed by atoms with Gasteiger partial charge in [-0.05, 0) is 55.0 Å². The van der Waals surface area contributed by atoms with Crippen LogP contribution in [0.4, 0.5) is 8.78 Å². The van der Waals surface area contributed by atoms with Gasteiger partial charge in [-0.3, -0.25) is 9.78 Å². The van der Waals surface area contributed by atoms with Gasteiger partial charge in [0, 0.05) is 31.4 Å². The summed E-state index contributed by atoms with van der Waals surface area (Å²) >= 11 is 0. The van der Waals surface area contributed by atoms with Gasteiger partial charge in [0.15, 0.2) is 0 Å². The lowest BCUT2D eigenvalue weighted by atomic mass is 9.98. The SMILES string of the molecule is CC(=O)N1CCCC1c1cc(F)c(CCc2cncc(C(=O)O)c2)cc1F. The normalized spacial score (nSPS) is 16.6. The van der Waals surface area contributed by atoms with Crippen molar-refractivity contribution in [3.05, 3.63) is 64.5 Å². The van der Waals surface area contributed by atoms with Gasteiger partial charge in [0.25, 0.3) is 0 Å². The molecule has 0 aliphatic carbocycles. The van der Waals surface area contributed by atoms with Crippen molar-refractivity contribution in [1.29, 1.82) is 0 Å². The number of carboxylic acid groups (broad SMARTS) is 1. The fraction of sp³-hybridized carbons (Fsp3) is 0.350. The average molecular weight is 374 g/mol. The number of rotatable bonds is 5. The summed E-state index contributed by atoms with van der Waals surface area (Å²) in [6.45, 7) is 1.98. The van der Waals surface area contributed by atoms with Crippen LogP contribution in [0.1, 0.15) is 52.9 Å². The Labute approximate surface area is 155 Å². The standard InChI is InChI=1S/C20H20F2N2O3/c1-12(25)24-6-2-3-19(24)16-9-17(21)14(8-18(16)22)5-4-13-7-15(20(26)27)11-23-10-13/h7-11,19H,2-6H2,1H3,(H,26,27). The maximum Gasteiger partial charge on any atom is 0.337 e. The number of aryl methyl sites for hydroxylation is 2. The highest BCUT2D eigenvalue weighted by Gasteiger charge is 2.30. The lowest BCUT2D eigenvalue weighted by molar-refractivity contribution is -0.129. The van der Waals surface area contributed by atoms with Crippen molar-refractivity contribution in [3.63, 3.8) is 0 Å². The van der Waals surface area contributed by atoms with Gasteiger partial charge in [0.2, 0.25) is 5.91 Å². The average Bonchev–Trinajstić information content (AvgIpc) is 3.12. The number of nitrogens with zero attached hydrogens (tertiary/aromatic N) is 2. The summed E-state index contributed by atoms with van der Waals surface area (Å²) < 4.78 is 29.2. The Morgan fingerprint density at radius 1 is 1.19 bits per heavy atom. The van der Waals surface area contributed by atoms with E-state index in [1.54, 1.807) is 4.90 Å². The third kappa shape index (κ3) is 4.13. The molecular formula is C20H20F2N2O3. The monoisotopic (exact) mass is 374 g/mol. The second-order valence-electron chi connectivity index (χ2n) is 6.72. The maximum absolute atomic E-state index is 14.6. The number of carbonyl (C=O) groups excluding carboxylic acids is 1. The molecule has 2 aromatic rings. The molecule has 1 atom stereocenters. The Hall–Kier alpha value is -2.83. The number of pyridine rings is 1. The minimum Gasteiger partial charge on any atom is -0.478 e. The Morgan fingerprint density at radius 2 is 1.96 bits per heavy atom. The molecular weight excluding hydrogens is 354 g/mol. The van der Waals surface area contributed by atoms with E-state index in [0.29, 0.717) is 24.9 Å². The molecule has 1 aromatic carbocycles. The lowest BCUT2D eigenvalue weighted by Crippen LogP contribution is -2.28. The van der Waals surface area contributed by atoms with Crippen LogP contribution in [-0.4, -0.2) is 33.4 Å². The second-order valence-corrected chi connectivity index (χ2v) is 6.72. The summed E-state index contributed by atoms with van der Waals surface area (Å²) in [7, 11) is 0. The van der Waals surface area contributed by atoms with E-state index in [9.17, 15) is 18.4 Å². The molecule has 1 fully saturated rings. The Bertz CT molecular complexity index is 886. The molecule has 1 aliphatic heterocycles. The van der Waals surface area contributed by atoms with Gasteiger partial charge in [0.05, 0.1) is 11.6 Å². The smallest absolute Gasteiger partial charge is 0.337 e. The van der Waals surface area contributed by atoms with E-state index >= 15 is 0 Å². The first-order valence-corrected chi connectivity index (χ1v) is 8.79. The lowest BCUT2D eigenvalue weighted by Gasteiger charge is -2.24. The van der Waals surface area contributed by atoms with Gasteiger partial charge in [-0.15, -0.1) is 0 Å². The number of hydrogen-bond acceptors (Lipinski definition) is 3. The zero-order chi connectivity index (χ0) is 19.6. The van der Waals surface area contributed by atoms with Gasteiger partial charge in [-0.25, -0.2) is 13.6 Å². The Kier molecular flexibility index (Phi) is 5.48. The molecule has 1 aliphatic rings. The zero-order valence-corrected chi connectivity index (χ0v) is 14.9. The first kappa shape index (κ1) is 18.9. The molecule has 27 heavy (non-hydrogen) atoms. The topological polar surface area (TPSA) is 70.5 Å². The van der Waals surface area contributed by atoms with Gasteiger partial charge in [-0.2, -0.15) is 0 Å². The summed E-state index contributed by atoms with van der Waals surface area (Å²) in [5.74, 6) is -2.28. The number of carbonyl (C=O) groups is 2. The third-order valence-corrected chi connectivity index (χ3v) is 4.91. The van der Waals surface area contributed by atoms with Crippen molar-refractivity contribution in [3.8, 4) is 0 Å². The van der Waals surface area contributed by atoms with Crippen LogP contribution in [-0.2, 0) is 17.6 Å². The van der Waals surface area contributed by atoms with Crippen molar-refractivity contribution in [2.24, 2.45) is 0 Å². The Morgan fingerprint density at radius 3 is 2.67 bits per heavy atom. The molecule has 5 nitrogen and oxygen atoms in total. The first-order valence-electron chi connectivity index (χ1n) is 8.79. The van der Waals surface area contributed by atoms with E-state index in [1.807, 2.05) is 0 Å². The van der Waals surface area contributed by atoms with Gasteiger partial charge < -0.3 is 10.0 Å². The number of carboxylic acids is 1. The summed E-state index contributed by atoms with van der Waals surface area (Å²) in [4.78, 5) is 28.1. The summed E-state index contributed by atoms with van der Waals surface area (Å²) in [5, 5.41) is 8.99. The highest BCUT2D eigenvalue weighted by atomic mass is 19.1. The highest BCUT2D eigenvalue weighted by molar-refractivity contribution is 5.87. The molecule has 2 heterocycles. The molecule has 1 unspecified atom stereocenters. The summed E-state index contributed by atoms with van der Waals surface area (Å²) in [5.41, 5.74) is 1.11. The molecule has 142 valence electrons. The summed E-state index contributed by atoms with van der Waals surface area (Å²) in [6, 6.07) is 3.40. The molecule has 3 rings (SSSR count). The van der Waals surface area contributed by atoms with Crippen LogP contribution in [0.2, 0.25) is 0 Å². The fourth-order valence-electron chi connectivity index (χ4n) is 3.54. The maximum atomic E-state index is 14.6. The second kappa shape index (κ2) is 7.82. The molecule has 1 N–H and O–H groups in total. The van der Waals surface area contributed by atoms with Crippen molar-refractivity contribution in [2.75, 3.05) is 6.54 Å². The predicted molar refractivity (Wildman–Crippen MR) is 94.3 cm³/mol. The van der Waals surface area contributed by atoms with E-state index in [-0.39, 0.29) is 29.0 Å². The van der Waals surface area contributed by atoms with Crippen LogP contribution in [0.15, 0.2) is 30.6 Å². The molecule has 7 heteroatoms. The Balaban J connectivity index is 1.78. The summed E-state index contributed by atoms with van der Waals surface area (Å²) in [6.07, 6.45) is 4.69. The van der Waals surface area contributed by atoms with Crippen LogP contribution in [0.5, 0.6) is 0 Å². The molecule has 0 radical (unpaired) electrons. The van der Waals surface area contributed by atoms with E-state index in [0.717, 1.165) is 6.42 Å². The number of benzene rings is 1. The van der Waals surface area contributed by atoms with Gasteiger partial charge >= 0.3 is 5.97 Å². The minimum absolute atomic E-state index is 0.0556. The number of aromatic carboxylic acids is 1. The number of halogens is 2. The number of aromatic nitrogens is 1. The van der Waals surface area contributed by atoms with Crippen molar-refractivity contribution in [1.82, 2.24) is 9.88 Å². The van der Waals surface area contributed by atoms with Crippen LogP contribution in [0.25, 0.3) is 0 Å². The molecule has 1 saturated heterocycles. The quantitative estimate of drug-likeness (QED) is 0.869. The molecule has 1 aromatic heterocycles. The number of hydrogen-bond donors (Lipinski definition) is 1. The van der Waals surface area contributed by atoms with Crippen LogP contribution < -0.4 is 0 Å². The van der Waals surface area contributed by atoms with E-state index in [2.05, 4.69) is 4.98 Å². The van der Waals surface area contributed by atoms with Crippen LogP contribution >= 0.6 is 0 Å². The fourth-order valence-corrected chi connectivity index (χ4v) is 3.54. The molecule has 0 spiro atoms.